The van der Waals surface area contributed by atoms with Gasteiger partial charge in [-0.05, 0) is 57.8 Å². The van der Waals surface area contributed by atoms with E-state index in [1.54, 1.807) is 0 Å². The molecular formula is C14H30N2. The smallest absolute Gasteiger partial charge is 0.00956 e. The number of hydrogen-bond acceptors (Lipinski definition) is 2. The van der Waals surface area contributed by atoms with Crippen LogP contribution in [0.15, 0.2) is 0 Å². The number of nitrogens with zero attached hydrogens (tertiary/aromatic N) is 1. The largest absolute Gasteiger partial charge is 0.314 e. The minimum absolute atomic E-state index is 0.810. The first kappa shape index (κ1) is 14.0. The normalized spacial score (nSPS) is 25.5. The lowest BCUT2D eigenvalue weighted by Crippen LogP contribution is -2.35. The molecule has 0 amide bonds. The fraction of sp³-hybridized carbons (Fsp3) is 1.00. The predicted molar refractivity (Wildman–Crippen MR) is 71.8 cm³/mol. The predicted octanol–water partition coefficient (Wildman–Crippen LogP) is 2.89. The second kappa shape index (κ2) is 8.08. The third kappa shape index (κ3) is 4.42. The Balaban J connectivity index is 2.24. The zero-order chi connectivity index (χ0) is 11.8. The second-order valence-corrected chi connectivity index (χ2v) is 5.08. The van der Waals surface area contributed by atoms with E-state index < -0.39 is 0 Å². The highest BCUT2D eigenvalue weighted by Gasteiger charge is 2.26. The molecule has 0 heterocycles. The summed E-state index contributed by atoms with van der Waals surface area (Å²) in [6.07, 6.45) is 6.96. The first-order valence-corrected chi connectivity index (χ1v) is 7.27. The first-order chi connectivity index (χ1) is 7.81. The van der Waals surface area contributed by atoms with E-state index in [2.05, 4.69) is 31.0 Å². The maximum atomic E-state index is 3.65. The molecule has 2 unspecified atom stereocenters. The van der Waals surface area contributed by atoms with Crippen molar-refractivity contribution in [3.05, 3.63) is 0 Å². The first-order valence-electron chi connectivity index (χ1n) is 7.27. The van der Waals surface area contributed by atoms with Crippen LogP contribution in [0.4, 0.5) is 0 Å². The molecule has 2 atom stereocenters. The summed E-state index contributed by atoms with van der Waals surface area (Å²) < 4.78 is 0. The molecule has 1 fully saturated rings. The van der Waals surface area contributed by atoms with Gasteiger partial charge in [0.1, 0.15) is 0 Å². The Bertz CT molecular complexity index is 170. The Morgan fingerprint density at radius 2 is 1.94 bits per heavy atom. The molecule has 1 aliphatic rings. The highest BCUT2D eigenvalue weighted by molar-refractivity contribution is 4.83. The summed E-state index contributed by atoms with van der Waals surface area (Å²) in [6, 6.07) is 0.810. The minimum Gasteiger partial charge on any atom is -0.314 e. The molecule has 1 rings (SSSR count). The average molecular weight is 226 g/mol. The molecule has 1 N–H and O–H groups in total. The van der Waals surface area contributed by atoms with Crippen LogP contribution in [0, 0.1) is 5.92 Å². The summed E-state index contributed by atoms with van der Waals surface area (Å²) in [5, 5.41) is 3.65. The van der Waals surface area contributed by atoms with Crippen LogP contribution in [0.25, 0.3) is 0 Å². The Morgan fingerprint density at radius 1 is 1.12 bits per heavy atom. The lowest BCUT2D eigenvalue weighted by Gasteiger charge is -2.25. The van der Waals surface area contributed by atoms with E-state index >= 15 is 0 Å². The molecule has 16 heavy (non-hydrogen) atoms. The molecule has 1 aliphatic carbocycles. The molecule has 0 spiro atoms. The van der Waals surface area contributed by atoms with Crippen molar-refractivity contribution in [3.63, 3.8) is 0 Å². The molecule has 0 saturated heterocycles. The van der Waals surface area contributed by atoms with Gasteiger partial charge in [-0.15, -0.1) is 0 Å². The van der Waals surface area contributed by atoms with Crippen molar-refractivity contribution in [1.82, 2.24) is 10.2 Å². The molecule has 0 aromatic rings. The third-order valence-electron chi connectivity index (χ3n) is 3.93. The molecule has 0 aromatic carbocycles. The summed E-state index contributed by atoms with van der Waals surface area (Å²) in [5.74, 6) is 0.936. The quantitative estimate of drug-likeness (QED) is 0.684. The molecule has 96 valence electrons. The SMILES string of the molecule is CCCN(CC)CCC1CCCC1NCC. The van der Waals surface area contributed by atoms with E-state index in [1.165, 1.54) is 51.7 Å². The third-order valence-corrected chi connectivity index (χ3v) is 3.93. The molecule has 0 bridgehead atoms. The Hall–Kier alpha value is -0.0800. The molecule has 2 nitrogen and oxygen atoms in total. The lowest BCUT2D eigenvalue weighted by molar-refractivity contribution is 0.251. The van der Waals surface area contributed by atoms with E-state index in [9.17, 15) is 0 Å². The Morgan fingerprint density at radius 3 is 2.56 bits per heavy atom. The highest BCUT2D eigenvalue weighted by Crippen LogP contribution is 2.28. The van der Waals surface area contributed by atoms with Gasteiger partial charge in [0.15, 0.2) is 0 Å². The van der Waals surface area contributed by atoms with Crippen molar-refractivity contribution in [2.45, 2.75) is 58.9 Å². The fourth-order valence-electron chi connectivity index (χ4n) is 3.01. The summed E-state index contributed by atoms with van der Waals surface area (Å²) in [5.41, 5.74) is 0. The van der Waals surface area contributed by atoms with Crippen LogP contribution in [-0.4, -0.2) is 37.1 Å². The zero-order valence-electron chi connectivity index (χ0n) is 11.5. The molecule has 1 saturated carbocycles. The van der Waals surface area contributed by atoms with E-state index in [1.807, 2.05) is 0 Å². The van der Waals surface area contributed by atoms with Gasteiger partial charge in [-0.1, -0.05) is 27.2 Å². The Kier molecular flexibility index (Phi) is 7.06. The van der Waals surface area contributed by atoms with Crippen molar-refractivity contribution in [2.75, 3.05) is 26.2 Å². The fourth-order valence-corrected chi connectivity index (χ4v) is 3.01. The van der Waals surface area contributed by atoms with E-state index in [4.69, 9.17) is 0 Å². The van der Waals surface area contributed by atoms with E-state index in [-0.39, 0.29) is 0 Å². The van der Waals surface area contributed by atoms with Crippen molar-refractivity contribution in [3.8, 4) is 0 Å². The summed E-state index contributed by atoms with van der Waals surface area (Å²) in [7, 11) is 0. The number of rotatable bonds is 8. The lowest BCUT2D eigenvalue weighted by atomic mass is 9.99. The van der Waals surface area contributed by atoms with Crippen molar-refractivity contribution in [2.24, 2.45) is 5.92 Å². The average Bonchev–Trinajstić information content (AvgIpc) is 2.72. The van der Waals surface area contributed by atoms with Crippen LogP contribution in [0.2, 0.25) is 0 Å². The molecule has 0 aromatic heterocycles. The van der Waals surface area contributed by atoms with Gasteiger partial charge >= 0.3 is 0 Å². The van der Waals surface area contributed by atoms with Gasteiger partial charge in [0, 0.05) is 6.04 Å². The van der Waals surface area contributed by atoms with Gasteiger partial charge in [0.2, 0.25) is 0 Å². The van der Waals surface area contributed by atoms with Gasteiger partial charge < -0.3 is 10.2 Å². The Labute approximate surface area is 102 Å². The van der Waals surface area contributed by atoms with Crippen LogP contribution in [-0.2, 0) is 0 Å². The standard InChI is InChI=1S/C14H30N2/c1-4-11-16(6-3)12-10-13-8-7-9-14(13)15-5-2/h13-15H,4-12H2,1-3H3. The van der Waals surface area contributed by atoms with Crippen LogP contribution in [0.5, 0.6) is 0 Å². The van der Waals surface area contributed by atoms with Gasteiger partial charge in [-0.2, -0.15) is 0 Å². The molecule has 0 aliphatic heterocycles. The molecule has 0 radical (unpaired) electrons. The van der Waals surface area contributed by atoms with Crippen molar-refractivity contribution in [1.29, 1.82) is 0 Å². The summed E-state index contributed by atoms with van der Waals surface area (Å²) in [4.78, 5) is 2.60. The molecule has 2 heteroatoms. The highest BCUT2D eigenvalue weighted by atomic mass is 15.1. The summed E-state index contributed by atoms with van der Waals surface area (Å²) in [6.45, 7) is 11.7. The maximum absolute atomic E-state index is 3.65. The van der Waals surface area contributed by atoms with Crippen LogP contribution in [0.3, 0.4) is 0 Å². The maximum Gasteiger partial charge on any atom is 0.00956 e. The van der Waals surface area contributed by atoms with Crippen LogP contribution in [0.1, 0.15) is 52.9 Å². The van der Waals surface area contributed by atoms with Crippen LogP contribution < -0.4 is 5.32 Å². The minimum atomic E-state index is 0.810. The van der Waals surface area contributed by atoms with Gasteiger partial charge in [-0.25, -0.2) is 0 Å². The van der Waals surface area contributed by atoms with Crippen LogP contribution >= 0.6 is 0 Å². The topological polar surface area (TPSA) is 15.3 Å². The summed E-state index contributed by atoms with van der Waals surface area (Å²) >= 11 is 0. The number of nitrogens with one attached hydrogen (secondary N) is 1. The number of hydrogen-bond donors (Lipinski definition) is 1. The van der Waals surface area contributed by atoms with Gasteiger partial charge in [0.25, 0.3) is 0 Å². The van der Waals surface area contributed by atoms with Crippen molar-refractivity contribution < 1.29 is 0 Å². The monoisotopic (exact) mass is 226 g/mol. The van der Waals surface area contributed by atoms with Gasteiger partial charge in [-0.3, -0.25) is 0 Å². The van der Waals surface area contributed by atoms with E-state index in [0.29, 0.717) is 0 Å². The van der Waals surface area contributed by atoms with E-state index in [0.717, 1.165) is 18.5 Å². The zero-order valence-corrected chi connectivity index (χ0v) is 11.5. The van der Waals surface area contributed by atoms with Crippen molar-refractivity contribution >= 4 is 0 Å². The second-order valence-electron chi connectivity index (χ2n) is 5.08. The van der Waals surface area contributed by atoms with Gasteiger partial charge in [0.05, 0.1) is 0 Å². The molecular weight excluding hydrogens is 196 g/mol.